The van der Waals surface area contributed by atoms with Crippen molar-refractivity contribution in [3.63, 3.8) is 0 Å². The van der Waals surface area contributed by atoms with Gasteiger partial charge in [-0.2, -0.15) is 0 Å². The summed E-state index contributed by atoms with van der Waals surface area (Å²) in [4.78, 5) is 65.2. The van der Waals surface area contributed by atoms with E-state index in [1.165, 1.54) is 0 Å². The van der Waals surface area contributed by atoms with Gasteiger partial charge in [0, 0.05) is 107 Å². The number of hydrogen-bond donors (Lipinski definition) is 2. The molecule has 5 aliphatic carbocycles. The molecule has 5 fully saturated rings. The van der Waals surface area contributed by atoms with Crippen LogP contribution in [0.1, 0.15) is 71.6 Å². The molecule has 1 unspecified atom stereocenters. The average Bonchev–Trinajstić information content (AvgIpc) is 3.60. The molecule has 2 spiro atoms. The molecule has 0 heterocycles. The molecule has 36 heavy (non-hydrogen) atoms. The van der Waals surface area contributed by atoms with Crippen LogP contribution in [-0.2, 0) is 89.4 Å². The molecule has 5 saturated carbocycles. The molecule has 5 rings (SSSR count). The van der Waals surface area contributed by atoms with Crippen LogP contribution >= 0.6 is 0 Å². The van der Waals surface area contributed by atoms with Crippen LogP contribution in [0.4, 0.5) is 0 Å². The SMILES string of the molecule is CCCC(=O)[C@H]1[C@@H](C(=O)O)[C@H]2C[C@@H]1[C@]1(CC[C@]3(CC4C[C@@H]3[C@H](C(=O)CO)[C@@H]4C(=O)CC)C1=O)C2.[Y].[Y]. The van der Waals surface area contributed by atoms with Crippen LogP contribution < -0.4 is 0 Å². The smallest absolute Gasteiger partial charge is 0.307 e. The van der Waals surface area contributed by atoms with Gasteiger partial charge in [-0.05, 0) is 68.6 Å². The Bertz CT molecular complexity index is 952. The molecule has 2 N–H and O–H groups in total. The van der Waals surface area contributed by atoms with E-state index < -0.39 is 47.1 Å². The monoisotopic (exact) mass is 650 g/mol. The van der Waals surface area contributed by atoms with Crippen molar-refractivity contribution < 1.29 is 99.6 Å². The Labute approximate surface area is 262 Å². The van der Waals surface area contributed by atoms with E-state index in [9.17, 15) is 34.2 Å². The molecule has 0 saturated heterocycles. The van der Waals surface area contributed by atoms with E-state index in [1.54, 1.807) is 6.92 Å². The van der Waals surface area contributed by atoms with Crippen molar-refractivity contribution in [2.75, 3.05) is 6.61 Å². The van der Waals surface area contributed by atoms with Gasteiger partial charge in [-0.1, -0.05) is 13.8 Å². The second kappa shape index (κ2) is 11.1. The molecule has 10 atom stereocenters. The number of carbonyl (C=O) groups is 5. The number of rotatable bonds is 8. The van der Waals surface area contributed by atoms with Gasteiger partial charge in [0.1, 0.15) is 24.0 Å². The first kappa shape index (κ1) is 30.9. The Morgan fingerprint density at radius 1 is 0.806 bits per heavy atom. The van der Waals surface area contributed by atoms with Gasteiger partial charge in [-0.15, -0.1) is 0 Å². The zero-order valence-corrected chi connectivity index (χ0v) is 27.0. The maximum Gasteiger partial charge on any atom is 0.307 e. The predicted molar refractivity (Wildman–Crippen MR) is 120 cm³/mol. The molecule has 0 amide bonds. The minimum Gasteiger partial charge on any atom is -0.481 e. The predicted octanol–water partition coefficient (Wildman–Crippen LogP) is 2.86. The summed E-state index contributed by atoms with van der Waals surface area (Å²) in [6, 6.07) is 0. The molecule has 0 aromatic carbocycles. The van der Waals surface area contributed by atoms with Gasteiger partial charge < -0.3 is 10.2 Å². The van der Waals surface area contributed by atoms with Crippen molar-refractivity contribution in [1.29, 1.82) is 0 Å². The van der Waals surface area contributed by atoms with E-state index in [-0.39, 0.29) is 112 Å². The van der Waals surface area contributed by atoms with Gasteiger partial charge in [0.25, 0.3) is 0 Å². The van der Waals surface area contributed by atoms with Crippen molar-refractivity contribution in [3.8, 4) is 0 Å². The largest absolute Gasteiger partial charge is 0.481 e. The van der Waals surface area contributed by atoms with E-state index in [0.29, 0.717) is 57.8 Å². The molecule has 5 aliphatic rings. The fourth-order valence-electron chi connectivity index (χ4n) is 9.81. The first-order chi connectivity index (χ1) is 16.2. The minimum absolute atomic E-state index is 0. The number of aliphatic hydroxyl groups is 1. The Kier molecular flexibility index (Phi) is 9.48. The number of carbonyl (C=O) groups excluding carboxylic acids is 4. The molecule has 0 aromatic rings. The van der Waals surface area contributed by atoms with E-state index in [2.05, 4.69) is 0 Å². The molecular formula is C27H36O7Y2. The minimum atomic E-state index is -0.925. The van der Waals surface area contributed by atoms with Gasteiger partial charge >= 0.3 is 5.97 Å². The maximum absolute atomic E-state index is 14.4. The number of hydrogen-bond acceptors (Lipinski definition) is 6. The third kappa shape index (κ3) is 4.11. The summed E-state index contributed by atoms with van der Waals surface area (Å²) in [7, 11) is 0. The first-order valence-corrected chi connectivity index (χ1v) is 13.1. The van der Waals surface area contributed by atoms with Crippen LogP contribution in [0.15, 0.2) is 0 Å². The zero-order chi connectivity index (χ0) is 24.6. The number of carboxylic acid groups (broad SMARTS) is 1. The maximum atomic E-state index is 14.4. The summed E-state index contributed by atoms with van der Waals surface area (Å²) in [5.41, 5.74) is -1.35. The van der Waals surface area contributed by atoms with Crippen molar-refractivity contribution in [3.05, 3.63) is 0 Å². The third-order valence-electron chi connectivity index (χ3n) is 10.8. The molecule has 2 radical (unpaired) electrons. The fourth-order valence-corrected chi connectivity index (χ4v) is 9.81. The molecule has 192 valence electrons. The number of aliphatic hydroxyl groups excluding tert-OH is 1. The first-order valence-electron chi connectivity index (χ1n) is 13.1. The van der Waals surface area contributed by atoms with Gasteiger partial charge in [0.05, 0.1) is 5.92 Å². The van der Waals surface area contributed by atoms with Gasteiger partial charge in [0.15, 0.2) is 5.78 Å². The summed E-state index contributed by atoms with van der Waals surface area (Å²) in [6.07, 6.45) is 5.04. The standard InChI is InChI=1S/C27H36O7.2Y/c1-3-5-18(30)22-15-9-14(21(22)24(32)33)11-27(15)7-6-26(25(27)34)10-13-8-16(26)23(19(31)12-28)20(13)17(29)4-2;;/h13-16,20-23,28H,3-12H2,1-2H3,(H,32,33);;/t13?,14-,15-,16+,20-,21-,22-,23+,26+,27-;;/m0../s1. The topological polar surface area (TPSA) is 126 Å². The number of ketones is 4. The summed E-state index contributed by atoms with van der Waals surface area (Å²) in [6.45, 7) is 3.09. The number of Topliss-reactive ketones (excluding diaryl/α,β-unsaturated/α-hetero) is 4. The van der Waals surface area contributed by atoms with Crippen molar-refractivity contribution >= 4 is 29.1 Å². The molecule has 0 aliphatic heterocycles. The Hall–Kier alpha value is 0.318. The second-order valence-electron chi connectivity index (χ2n) is 11.9. The number of carboxylic acids is 1. The normalized spacial score (nSPS) is 43.6. The van der Waals surface area contributed by atoms with Gasteiger partial charge in [0.2, 0.25) is 0 Å². The average molecular weight is 650 g/mol. The summed E-state index contributed by atoms with van der Waals surface area (Å²) < 4.78 is 0. The Morgan fingerprint density at radius 3 is 1.75 bits per heavy atom. The molecule has 4 bridgehead atoms. The van der Waals surface area contributed by atoms with Gasteiger partial charge in [-0.25, -0.2) is 0 Å². The summed E-state index contributed by atoms with van der Waals surface area (Å²) >= 11 is 0. The summed E-state index contributed by atoms with van der Waals surface area (Å²) in [5, 5.41) is 19.6. The van der Waals surface area contributed by atoms with E-state index >= 15 is 0 Å². The zero-order valence-electron chi connectivity index (χ0n) is 21.3. The van der Waals surface area contributed by atoms with Crippen LogP contribution in [-0.4, -0.2) is 45.9 Å². The van der Waals surface area contributed by atoms with Crippen LogP contribution in [0.25, 0.3) is 0 Å². The van der Waals surface area contributed by atoms with Crippen LogP contribution in [0.2, 0.25) is 0 Å². The van der Waals surface area contributed by atoms with E-state index in [0.717, 1.165) is 0 Å². The fraction of sp³-hybridized carbons (Fsp3) is 0.815. The van der Waals surface area contributed by atoms with Gasteiger partial charge in [-0.3, -0.25) is 24.0 Å². The molecule has 7 nitrogen and oxygen atoms in total. The van der Waals surface area contributed by atoms with E-state index in [1.807, 2.05) is 6.92 Å². The molecule has 9 heteroatoms. The molecular weight excluding hydrogens is 614 g/mol. The Morgan fingerprint density at radius 2 is 1.31 bits per heavy atom. The second-order valence-corrected chi connectivity index (χ2v) is 11.9. The molecule has 0 aromatic heterocycles. The van der Waals surface area contributed by atoms with Crippen LogP contribution in [0.3, 0.4) is 0 Å². The van der Waals surface area contributed by atoms with Crippen molar-refractivity contribution in [2.24, 2.45) is 58.2 Å². The third-order valence-corrected chi connectivity index (χ3v) is 10.8. The quantitative estimate of drug-likeness (QED) is 0.414. The Balaban J connectivity index is 0.00000180. The van der Waals surface area contributed by atoms with Crippen molar-refractivity contribution in [2.45, 2.75) is 71.6 Å². The number of fused-ring (bicyclic) bond motifs is 6. The van der Waals surface area contributed by atoms with Crippen LogP contribution in [0, 0.1) is 58.2 Å². The van der Waals surface area contributed by atoms with Crippen LogP contribution in [0.5, 0.6) is 0 Å². The van der Waals surface area contributed by atoms with E-state index in [4.69, 9.17) is 0 Å². The number of aliphatic carboxylic acids is 1. The summed E-state index contributed by atoms with van der Waals surface area (Å²) in [5.74, 6) is -4.04. The van der Waals surface area contributed by atoms with Crippen molar-refractivity contribution in [1.82, 2.24) is 0 Å².